The molecule has 0 saturated carbocycles. The second kappa shape index (κ2) is 7.29. The maximum atomic E-state index is 11.8. The number of amides is 1. The quantitative estimate of drug-likeness (QED) is 0.554. The molecule has 7 heteroatoms. The third-order valence-electron chi connectivity index (χ3n) is 3.10. The summed E-state index contributed by atoms with van der Waals surface area (Å²) in [5.74, 6) is 0.610. The monoisotopic (exact) mass is 359 g/mol. The summed E-state index contributed by atoms with van der Waals surface area (Å²) >= 11 is 12.2. The number of nitrogens with one attached hydrogen (secondary N) is 1. The van der Waals surface area contributed by atoms with Crippen LogP contribution in [0.4, 0.5) is 0 Å². The number of carbonyl (C=O) groups excluding carboxylic acids is 1. The van der Waals surface area contributed by atoms with E-state index in [2.05, 4.69) is 15.5 Å². The number of hydrogen-bond donors (Lipinski definition) is 1. The van der Waals surface area contributed by atoms with Crippen LogP contribution >= 0.6 is 23.2 Å². The maximum Gasteiger partial charge on any atom is 0.289 e. The third-order valence-corrected chi connectivity index (χ3v) is 3.92. The molecule has 0 fully saturated rings. The van der Waals surface area contributed by atoms with Crippen LogP contribution in [-0.2, 0) is 0 Å². The standard InChI is InChI=1S/C17H11Cl2N3O2/c18-13-5-3-4-12(16(13)19)15-8-7-11(24-15)10-21-22-17(23)14-6-1-2-9-20-14/h1-10H,(H,22,23). The van der Waals surface area contributed by atoms with Crippen LogP contribution in [-0.4, -0.2) is 17.1 Å². The minimum Gasteiger partial charge on any atom is -0.455 e. The van der Waals surface area contributed by atoms with Crippen molar-refractivity contribution in [2.24, 2.45) is 5.10 Å². The molecule has 1 N–H and O–H groups in total. The predicted octanol–water partition coefficient (Wildman–Crippen LogP) is 4.41. The van der Waals surface area contributed by atoms with Crippen molar-refractivity contribution in [3.8, 4) is 11.3 Å². The van der Waals surface area contributed by atoms with Crippen molar-refractivity contribution >= 4 is 35.3 Å². The molecule has 0 atom stereocenters. The van der Waals surface area contributed by atoms with E-state index in [9.17, 15) is 4.79 Å². The molecule has 1 aromatic carbocycles. The molecule has 0 unspecified atom stereocenters. The van der Waals surface area contributed by atoms with Crippen molar-refractivity contribution in [1.82, 2.24) is 10.4 Å². The lowest BCUT2D eigenvalue weighted by atomic mass is 10.2. The molecule has 0 aliphatic carbocycles. The maximum absolute atomic E-state index is 11.8. The van der Waals surface area contributed by atoms with Gasteiger partial charge in [0.1, 0.15) is 17.2 Å². The van der Waals surface area contributed by atoms with Gasteiger partial charge in [-0.05, 0) is 36.4 Å². The van der Waals surface area contributed by atoms with Crippen LogP contribution in [0, 0.1) is 0 Å². The summed E-state index contributed by atoms with van der Waals surface area (Å²) in [6.45, 7) is 0. The predicted molar refractivity (Wildman–Crippen MR) is 93.5 cm³/mol. The summed E-state index contributed by atoms with van der Waals surface area (Å²) in [5, 5.41) is 4.71. The fraction of sp³-hybridized carbons (Fsp3) is 0. The lowest BCUT2D eigenvalue weighted by Gasteiger charge is -2.01. The van der Waals surface area contributed by atoms with Gasteiger partial charge in [0, 0.05) is 11.8 Å². The van der Waals surface area contributed by atoms with E-state index in [0.29, 0.717) is 27.1 Å². The first-order valence-corrected chi connectivity index (χ1v) is 7.69. The highest BCUT2D eigenvalue weighted by Crippen LogP contribution is 2.34. The van der Waals surface area contributed by atoms with E-state index < -0.39 is 5.91 Å². The summed E-state index contributed by atoms with van der Waals surface area (Å²) in [6.07, 6.45) is 2.93. The van der Waals surface area contributed by atoms with Gasteiger partial charge in [-0.3, -0.25) is 9.78 Å². The number of aromatic nitrogens is 1. The number of hydrogen-bond acceptors (Lipinski definition) is 4. The van der Waals surface area contributed by atoms with E-state index in [4.69, 9.17) is 27.6 Å². The van der Waals surface area contributed by atoms with Gasteiger partial charge in [-0.15, -0.1) is 0 Å². The number of rotatable bonds is 4. The number of furan rings is 1. The number of pyridine rings is 1. The number of hydrazone groups is 1. The average Bonchev–Trinajstić information content (AvgIpc) is 3.06. The van der Waals surface area contributed by atoms with E-state index in [-0.39, 0.29) is 5.69 Å². The first kappa shape index (κ1) is 16.2. The Morgan fingerprint density at radius 1 is 1.12 bits per heavy atom. The SMILES string of the molecule is O=C(NN=Cc1ccc(-c2cccc(Cl)c2Cl)o1)c1ccccn1. The molecule has 5 nitrogen and oxygen atoms in total. The molecule has 0 bridgehead atoms. The number of carbonyl (C=O) groups is 1. The topological polar surface area (TPSA) is 67.5 Å². The Morgan fingerprint density at radius 3 is 2.79 bits per heavy atom. The smallest absolute Gasteiger partial charge is 0.289 e. The molecule has 0 aliphatic heterocycles. The van der Waals surface area contributed by atoms with Gasteiger partial charge < -0.3 is 4.42 Å². The third kappa shape index (κ3) is 3.64. The Bertz CT molecular complexity index is 892. The van der Waals surface area contributed by atoms with Crippen LogP contribution in [0.3, 0.4) is 0 Å². The fourth-order valence-electron chi connectivity index (χ4n) is 1.97. The molecule has 0 saturated heterocycles. The number of halogens is 2. The Morgan fingerprint density at radius 2 is 2.00 bits per heavy atom. The zero-order chi connectivity index (χ0) is 16.9. The molecule has 24 heavy (non-hydrogen) atoms. The molecular formula is C17H11Cl2N3O2. The Balaban J connectivity index is 1.70. The molecule has 1 amide bonds. The summed E-state index contributed by atoms with van der Waals surface area (Å²) in [4.78, 5) is 15.7. The van der Waals surface area contributed by atoms with Crippen molar-refractivity contribution < 1.29 is 9.21 Å². The van der Waals surface area contributed by atoms with E-state index in [1.54, 1.807) is 48.5 Å². The van der Waals surface area contributed by atoms with Crippen molar-refractivity contribution in [3.63, 3.8) is 0 Å². The van der Waals surface area contributed by atoms with Crippen molar-refractivity contribution in [2.75, 3.05) is 0 Å². The second-order valence-electron chi connectivity index (χ2n) is 4.72. The van der Waals surface area contributed by atoms with Gasteiger partial charge in [-0.1, -0.05) is 35.3 Å². The van der Waals surface area contributed by atoms with Crippen LogP contribution < -0.4 is 5.43 Å². The van der Waals surface area contributed by atoms with E-state index >= 15 is 0 Å². The minimum atomic E-state index is -0.406. The number of nitrogens with zero attached hydrogens (tertiary/aromatic N) is 2. The molecule has 3 rings (SSSR count). The van der Waals surface area contributed by atoms with Crippen LogP contribution in [0.5, 0.6) is 0 Å². The Kier molecular flexibility index (Phi) is 4.93. The lowest BCUT2D eigenvalue weighted by molar-refractivity contribution is 0.0950. The van der Waals surface area contributed by atoms with Gasteiger partial charge >= 0.3 is 0 Å². The van der Waals surface area contributed by atoms with Crippen LogP contribution in [0.15, 0.2) is 64.2 Å². The van der Waals surface area contributed by atoms with Crippen LogP contribution in [0.2, 0.25) is 10.0 Å². The van der Waals surface area contributed by atoms with E-state index in [1.165, 1.54) is 12.4 Å². The molecular weight excluding hydrogens is 349 g/mol. The Hall–Kier alpha value is -2.63. The first-order chi connectivity index (χ1) is 11.6. The second-order valence-corrected chi connectivity index (χ2v) is 5.50. The van der Waals surface area contributed by atoms with Gasteiger partial charge in [0.2, 0.25) is 0 Å². The Labute approximate surface area is 147 Å². The van der Waals surface area contributed by atoms with Gasteiger partial charge in [-0.2, -0.15) is 5.10 Å². The molecule has 0 spiro atoms. The summed E-state index contributed by atoms with van der Waals surface area (Å²) in [6, 6.07) is 13.8. The van der Waals surface area contributed by atoms with Crippen LogP contribution in [0.25, 0.3) is 11.3 Å². The fourth-order valence-corrected chi connectivity index (χ4v) is 2.36. The molecule has 120 valence electrons. The van der Waals surface area contributed by atoms with E-state index in [0.717, 1.165) is 0 Å². The molecule has 3 aromatic rings. The molecule has 0 aliphatic rings. The normalized spacial score (nSPS) is 10.9. The van der Waals surface area contributed by atoms with Crippen molar-refractivity contribution in [1.29, 1.82) is 0 Å². The van der Waals surface area contributed by atoms with Crippen LogP contribution in [0.1, 0.15) is 16.2 Å². The average molecular weight is 360 g/mol. The van der Waals surface area contributed by atoms with Crippen molar-refractivity contribution in [2.45, 2.75) is 0 Å². The first-order valence-electron chi connectivity index (χ1n) is 6.94. The zero-order valence-corrected chi connectivity index (χ0v) is 13.8. The van der Waals surface area contributed by atoms with Gasteiger partial charge in [-0.25, -0.2) is 5.43 Å². The minimum absolute atomic E-state index is 0.278. The van der Waals surface area contributed by atoms with Gasteiger partial charge in [0.05, 0.1) is 16.3 Å². The number of benzene rings is 1. The molecule has 0 radical (unpaired) electrons. The summed E-state index contributed by atoms with van der Waals surface area (Å²) < 4.78 is 5.63. The van der Waals surface area contributed by atoms with Gasteiger partial charge in [0.15, 0.2) is 0 Å². The summed E-state index contributed by atoms with van der Waals surface area (Å²) in [7, 11) is 0. The highest BCUT2D eigenvalue weighted by molar-refractivity contribution is 6.43. The summed E-state index contributed by atoms with van der Waals surface area (Å²) in [5.41, 5.74) is 3.34. The van der Waals surface area contributed by atoms with E-state index in [1.807, 2.05) is 0 Å². The molecule has 2 heterocycles. The highest BCUT2D eigenvalue weighted by atomic mass is 35.5. The largest absolute Gasteiger partial charge is 0.455 e. The highest BCUT2D eigenvalue weighted by Gasteiger charge is 2.10. The molecule has 2 aromatic heterocycles. The lowest BCUT2D eigenvalue weighted by Crippen LogP contribution is -2.18. The van der Waals surface area contributed by atoms with Crippen molar-refractivity contribution in [3.05, 3.63) is 76.2 Å². The van der Waals surface area contributed by atoms with Gasteiger partial charge in [0.25, 0.3) is 5.91 Å². The zero-order valence-electron chi connectivity index (χ0n) is 12.2.